The summed E-state index contributed by atoms with van der Waals surface area (Å²) in [6.45, 7) is 13.7. The molecule has 0 amide bonds. The zero-order chi connectivity index (χ0) is 23.6. The van der Waals surface area contributed by atoms with Gasteiger partial charge in [-0.2, -0.15) is 0 Å². The molecule has 4 aromatic rings. The Bertz CT molecular complexity index is 1470. The molecule has 0 bridgehead atoms. The van der Waals surface area contributed by atoms with Gasteiger partial charge in [-0.25, -0.2) is 0 Å². The topological polar surface area (TPSA) is 3.01 Å². The van der Waals surface area contributed by atoms with Crippen molar-refractivity contribution in [3.8, 4) is 0 Å². The monoisotopic (exact) mass is 463 g/mol. The van der Waals surface area contributed by atoms with Gasteiger partial charge in [0.2, 0.25) is 0 Å². The molecule has 0 radical (unpaired) electrons. The first kappa shape index (κ1) is 21.7. The van der Waals surface area contributed by atoms with Crippen LogP contribution in [-0.4, -0.2) is 11.3 Å². The van der Waals surface area contributed by atoms with Gasteiger partial charge in [0, 0.05) is 0 Å². The Labute approximate surface area is 207 Å². The number of hydrogen-bond acceptors (Lipinski definition) is 0. The van der Waals surface area contributed by atoms with Crippen LogP contribution in [0.25, 0.3) is 26.9 Å². The third-order valence-electron chi connectivity index (χ3n) is 7.88. The third-order valence-corrected chi connectivity index (χ3v) is 9.05. The normalized spacial score (nSPS) is 16.7. The number of aryl methyl sites for hydroxylation is 1. The van der Waals surface area contributed by atoms with Gasteiger partial charge in [-0.15, -0.1) is 17.7 Å². The molecule has 1 aromatic heterocycles. The van der Waals surface area contributed by atoms with E-state index in [-0.39, 0.29) is 5.41 Å². The maximum absolute atomic E-state index is 4.43. The first-order chi connectivity index (χ1) is 16.3. The Morgan fingerprint density at radius 1 is 1.03 bits per heavy atom. The van der Waals surface area contributed by atoms with Crippen LogP contribution < -0.4 is 0 Å². The minimum Gasteiger partial charge on any atom is -0.257 e. The van der Waals surface area contributed by atoms with Crippen molar-refractivity contribution in [2.24, 2.45) is 0 Å². The maximum Gasteiger partial charge on any atom is 0.197 e. The van der Waals surface area contributed by atoms with E-state index >= 15 is 0 Å². The summed E-state index contributed by atoms with van der Waals surface area (Å²) in [7, 11) is 0. The molecule has 2 heteroatoms. The molecule has 1 saturated carbocycles. The summed E-state index contributed by atoms with van der Waals surface area (Å²) in [5.74, 6) is 0.740. The Balaban J connectivity index is 1.56. The second-order valence-corrected chi connectivity index (χ2v) is 12.2. The first-order valence-electron chi connectivity index (χ1n) is 12.6. The maximum atomic E-state index is 4.43. The largest absolute Gasteiger partial charge is 0.257 e. The highest BCUT2D eigenvalue weighted by Gasteiger charge is 2.34. The smallest absolute Gasteiger partial charge is 0.197 e. The second kappa shape index (κ2) is 7.85. The molecule has 0 saturated heterocycles. The fourth-order valence-electron chi connectivity index (χ4n) is 6.02. The molecule has 1 nitrogen and oxygen atoms in total. The molecule has 2 aliphatic rings. The van der Waals surface area contributed by atoms with Gasteiger partial charge in [-0.1, -0.05) is 106 Å². The first-order valence-corrected chi connectivity index (χ1v) is 13.4. The van der Waals surface area contributed by atoms with Crippen LogP contribution in [0.1, 0.15) is 85.1 Å². The van der Waals surface area contributed by atoms with Gasteiger partial charge in [-0.05, 0) is 39.3 Å². The lowest BCUT2D eigenvalue weighted by atomic mass is 9.79. The molecule has 1 fully saturated rings. The number of rotatable bonds is 2. The third kappa shape index (κ3) is 3.34. The van der Waals surface area contributed by atoms with Crippen LogP contribution in [-0.2, 0) is 5.41 Å². The van der Waals surface area contributed by atoms with Gasteiger partial charge in [0.1, 0.15) is 17.5 Å². The SMILES string of the molecule is C=[N+]1C=Cc2c([s+][c-]3cc(C4CCCC4)ccc23)[C-]1c1cc(C(C)(C)C)c2ccccc2c1C. The van der Waals surface area contributed by atoms with Crippen molar-refractivity contribution >= 4 is 45.0 Å². The molecule has 0 spiro atoms. The van der Waals surface area contributed by atoms with Crippen molar-refractivity contribution in [1.29, 1.82) is 0 Å². The Morgan fingerprint density at radius 3 is 2.50 bits per heavy atom. The van der Waals surface area contributed by atoms with Crippen LogP contribution in [0.3, 0.4) is 0 Å². The van der Waals surface area contributed by atoms with Crippen molar-refractivity contribution < 1.29 is 4.58 Å². The van der Waals surface area contributed by atoms with Crippen LogP contribution in [0.5, 0.6) is 0 Å². The summed E-state index contributed by atoms with van der Waals surface area (Å²) in [5.41, 5.74) is 6.95. The summed E-state index contributed by atoms with van der Waals surface area (Å²) >= 11 is 1.94. The summed E-state index contributed by atoms with van der Waals surface area (Å²) in [4.78, 5) is 1.34. The van der Waals surface area contributed by atoms with Crippen LogP contribution in [0.4, 0.5) is 0 Å². The average Bonchev–Trinajstić information content (AvgIpc) is 3.47. The standard InChI is InChI=1S/C32H33NS/c1-20-23-12-8-9-13-24(23)28(32(2,3)4)19-27(20)30-31-26(16-17-33(30)5)25-15-14-22(18-29(25)34-31)21-10-6-7-11-21/h8-9,12-19,21H,5-7,10-11H2,1-4H3. The number of benzene rings is 3. The van der Waals surface area contributed by atoms with Gasteiger partial charge in [-0.3, -0.25) is 4.58 Å². The highest BCUT2D eigenvalue weighted by molar-refractivity contribution is 7.19. The van der Waals surface area contributed by atoms with E-state index in [1.54, 1.807) is 0 Å². The summed E-state index contributed by atoms with van der Waals surface area (Å²) in [5, 5.41) is 4.07. The van der Waals surface area contributed by atoms with Gasteiger partial charge in [0.25, 0.3) is 0 Å². The molecular formula is C32H33NS. The molecule has 6 rings (SSSR count). The summed E-state index contributed by atoms with van der Waals surface area (Å²) in [6, 6.07) is 19.8. The predicted molar refractivity (Wildman–Crippen MR) is 148 cm³/mol. The number of fused-ring (bicyclic) bond motifs is 4. The van der Waals surface area contributed by atoms with E-state index in [9.17, 15) is 0 Å². The highest BCUT2D eigenvalue weighted by atomic mass is 32.1. The second-order valence-electron chi connectivity index (χ2n) is 11.1. The van der Waals surface area contributed by atoms with Crippen LogP contribution in [0.2, 0.25) is 0 Å². The fourth-order valence-corrected chi connectivity index (χ4v) is 7.34. The van der Waals surface area contributed by atoms with Crippen LogP contribution in [0.15, 0.2) is 54.7 Å². The minimum atomic E-state index is 0.0539. The lowest BCUT2D eigenvalue weighted by Crippen LogP contribution is -2.20. The van der Waals surface area contributed by atoms with Crippen molar-refractivity contribution in [1.82, 2.24) is 0 Å². The van der Waals surface area contributed by atoms with Gasteiger partial charge >= 0.3 is 0 Å². The highest BCUT2D eigenvalue weighted by Crippen LogP contribution is 2.46. The number of nitrogens with zero attached hydrogens (tertiary/aromatic N) is 1. The van der Waals surface area contributed by atoms with Crippen molar-refractivity contribution in [3.05, 3.63) is 93.5 Å². The van der Waals surface area contributed by atoms with Gasteiger partial charge < -0.3 is 0 Å². The predicted octanol–water partition coefficient (Wildman–Crippen LogP) is 8.94. The molecule has 2 heterocycles. The summed E-state index contributed by atoms with van der Waals surface area (Å²) in [6.07, 6.45) is 9.82. The average molecular weight is 464 g/mol. The van der Waals surface area contributed by atoms with E-state index in [4.69, 9.17) is 0 Å². The molecule has 1 aliphatic carbocycles. The van der Waals surface area contributed by atoms with Crippen LogP contribution >= 0.6 is 11.3 Å². The molecule has 1 aliphatic heterocycles. The quantitative estimate of drug-likeness (QED) is 0.158. The van der Waals surface area contributed by atoms with E-state index in [1.165, 1.54) is 85.3 Å². The lowest BCUT2D eigenvalue weighted by Gasteiger charge is -2.28. The van der Waals surface area contributed by atoms with E-state index in [1.807, 2.05) is 11.3 Å². The zero-order valence-electron chi connectivity index (χ0n) is 20.7. The minimum absolute atomic E-state index is 0.0539. The van der Waals surface area contributed by atoms with Crippen molar-refractivity contribution in [2.45, 2.75) is 64.7 Å². The lowest BCUT2D eigenvalue weighted by molar-refractivity contribution is -0.417. The Hall–Kier alpha value is -2.84. The van der Waals surface area contributed by atoms with Gasteiger partial charge in [0.15, 0.2) is 15.6 Å². The Morgan fingerprint density at radius 2 is 1.76 bits per heavy atom. The molecule has 0 unspecified atom stereocenters. The van der Waals surface area contributed by atoms with E-state index < -0.39 is 0 Å². The summed E-state index contributed by atoms with van der Waals surface area (Å²) < 4.78 is 3.49. The molecule has 0 N–H and O–H groups in total. The van der Waals surface area contributed by atoms with E-state index in [0.717, 1.165) is 5.92 Å². The van der Waals surface area contributed by atoms with Crippen LogP contribution in [0, 0.1) is 13.0 Å². The number of thiophene rings is 1. The Kier molecular flexibility index (Phi) is 5.00. The van der Waals surface area contributed by atoms with Crippen molar-refractivity contribution in [3.63, 3.8) is 0 Å². The molecule has 0 atom stereocenters. The molecular weight excluding hydrogens is 430 g/mol. The molecule has 172 valence electrons. The van der Waals surface area contributed by atoms with Crippen molar-refractivity contribution in [2.75, 3.05) is 0 Å². The van der Waals surface area contributed by atoms with E-state index in [2.05, 4.69) is 99.8 Å². The number of hydrogen-bond donors (Lipinski definition) is 0. The van der Waals surface area contributed by atoms with E-state index in [0.29, 0.717) is 0 Å². The zero-order valence-corrected chi connectivity index (χ0v) is 21.6. The fraction of sp³-hybridized carbons (Fsp3) is 0.312. The molecule has 3 aromatic carbocycles. The molecule has 34 heavy (non-hydrogen) atoms. The van der Waals surface area contributed by atoms with Gasteiger partial charge in [0.05, 0.1) is 6.72 Å².